The zero-order chi connectivity index (χ0) is 16.3. The molecule has 1 aliphatic rings. The number of halogens is 3. The van der Waals surface area contributed by atoms with E-state index in [0.717, 1.165) is 25.6 Å². The highest BCUT2D eigenvalue weighted by Crippen LogP contribution is 2.38. The molecular formula is C16H20F3N3. The molecule has 0 bridgehead atoms. The van der Waals surface area contributed by atoms with Crippen molar-refractivity contribution in [2.24, 2.45) is 0 Å². The van der Waals surface area contributed by atoms with Crippen molar-refractivity contribution in [1.29, 1.82) is 5.26 Å². The summed E-state index contributed by atoms with van der Waals surface area (Å²) in [5.74, 6) is 0. The van der Waals surface area contributed by atoms with E-state index >= 15 is 0 Å². The lowest BCUT2D eigenvalue weighted by atomic mass is 10.1. The Labute approximate surface area is 128 Å². The molecule has 1 unspecified atom stereocenters. The highest BCUT2D eigenvalue weighted by molar-refractivity contribution is 5.59. The van der Waals surface area contributed by atoms with E-state index in [-0.39, 0.29) is 17.3 Å². The van der Waals surface area contributed by atoms with Gasteiger partial charge in [0.1, 0.15) is 0 Å². The zero-order valence-corrected chi connectivity index (χ0v) is 12.8. The predicted molar refractivity (Wildman–Crippen MR) is 79.7 cm³/mol. The summed E-state index contributed by atoms with van der Waals surface area (Å²) in [5, 5.41) is 8.96. The molecule has 22 heavy (non-hydrogen) atoms. The average molecular weight is 311 g/mol. The van der Waals surface area contributed by atoms with Crippen molar-refractivity contribution in [2.75, 3.05) is 31.1 Å². The Morgan fingerprint density at radius 1 is 1.32 bits per heavy atom. The number of nitriles is 1. The van der Waals surface area contributed by atoms with Gasteiger partial charge in [-0.15, -0.1) is 0 Å². The Kier molecular flexibility index (Phi) is 4.97. The molecule has 1 aliphatic heterocycles. The van der Waals surface area contributed by atoms with E-state index in [1.54, 1.807) is 4.90 Å². The topological polar surface area (TPSA) is 30.3 Å². The SMILES string of the molecule is CCN(CC)C1CCN(c2cc(C#N)ccc2C(F)(F)F)C1. The first-order chi connectivity index (χ1) is 10.4. The molecule has 1 aromatic rings. The molecule has 1 fully saturated rings. The molecule has 1 saturated heterocycles. The second kappa shape index (κ2) is 6.57. The van der Waals surface area contributed by atoms with Crippen LogP contribution in [0.15, 0.2) is 18.2 Å². The minimum absolute atomic E-state index is 0.126. The summed E-state index contributed by atoms with van der Waals surface area (Å²) in [6.45, 7) is 7.05. The van der Waals surface area contributed by atoms with Crippen molar-refractivity contribution < 1.29 is 13.2 Å². The molecule has 0 spiro atoms. The Hall–Kier alpha value is -1.74. The molecule has 1 heterocycles. The van der Waals surface area contributed by atoms with Crippen LogP contribution in [0.1, 0.15) is 31.4 Å². The summed E-state index contributed by atoms with van der Waals surface area (Å²) in [5.41, 5.74) is -0.276. The number of benzene rings is 1. The molecule has 0 N–H and O–H groups in total. The highest BCUT2D eigenvalue weighted by atomic mass is 19.4. The van der Waals surface area contributed by atoms with Crippen molar-refractivity contribution in [2.45, 2.75) is 32.5 Å². The van der Waals surface area contributed by atoms with E-state index in [1.165, 1.54) is 12.1 Å². The minimum atomic E-state index is -4.41. The van der Waals surface area contributed by atoms with E-state index in [2.05, 4.69) is 18.7 Å². The number of alkyl halides is 3. The Morgan fingerprint density at radius 2 is 2.00 bits per heavy atom. The van der Waals surface area contributed by atoms with Gasteiger partial charge in [-0.1, -0.05) is 13.8 Å². The fraction of sp³-hybridized carbons (Fsp3) is 0.562. The largest absolute Gasteiger partial charge is 0.418 e. The lowest BCUT2D eigenvalue weighted by Crippen LogP contribution is -2.37. The standard InChI is InChI=1S/C16H20F3N3/c1-3-21(4-2)13-7-8-22(11-13)15-9-12(10-20)5-6-14(15)16(17,18)19/h5-6,9,13H,3-4,7-8,11H2,1-2H3. The van der Waals surface area contributed by atoms with Gasteiger partial charge in [0.15, 0.2) is 0 Å². The molecule has 0 radical (unpaired) electrons. The molecule has 0 aliphatic carbocycles. The smallest absolute Gasteiger partial charge is 0.369 e. The Balaban J connectivity index is 2.31. The average Bonchev–Trinajstić information content (AvgIpc) is 2.96. The highest BCUT2D eigenvalue weighted by Gasteiger charge is 2.37. The van der Waals surface area contributed by atoms with E-state index in [0.29, 0.717) is 13.1 Å². The molecule has 0 aromatic heterocycles. The van der Waals surface area contributed by atoms with Crippen LogP contribution in [0.3, 0.4) is 0 Å². The molecular weight excluding hydrogens is 291 g/mol. The second-order valence-electron chi connectivity index (χ2n) is 5.45. The number of rotatable bonds is 4. The van der Waals surface area contributed by atoms with Crippen LogP contribution in [0, 0.1) is 11.3 Å². The van der Waals surface area contributed by atoms with Crippen molar-refractivity contribution in [3.8, 4) is 6.07 Å². The second-order valence-corrected chi connectivity index (χ2v) is 5.45. The van der Waals surface area contributed by atoms with Gasteiger partial charge in [-0.3, -0.25) is 4.90 Å². The van der Waals surface area contributed by atoms with E-state index in [4.69, 9.17) is 5.26 Å². The molecule has 0 saturated carbocycles. The van der Waals surface area contributed by atoms with Gasteiger partial charge in [-0.2, -0.15) is 18.4 Å². The number of nitrogens with zero attached hydrogens (tertiary/aromatic N) is 3. The van der Waals surface area contributed by atoms with Gasteiger partial charge >= 0.3 is 6.18 Å². The van der Waals surface area contributed by atoms with Crippen molar-refractivity contribution in [3.63, 3.8) is 0 Å². The molecule has 1 atom stereocenters. The van der Waals surface area contributed by atoms with Crippen LogP contribution >= 0.6 is 0 Å². The first kappa shape index (κ1) is 16.6. The van der Waals surface area contributed by atoms with Crippen molar-refractivity contribution in [3.05, 3.63) is 29.3 Å². The van der Waals surface area contributed by atoms with Gasteiger partial charge < -0.3 is 4.90 Å². The third-order valence-electron chi connectivity index (χ3n) is 4.27. The summed E-state index contributed by atoms with van der Waals surface area (Å²) in [4.78, 5) is 4.02. The third kappa shape index (κ3) is 3.36. The van der Waals surface area contributed by atoms with Gasteiger partial charge in [0.05, 0.1) is 22.9 Å². The summed E-state index contributed by atoms with van der Waals surface area (Å²) < 4.78 is 39.6. The van der Waals surface area contributed by atoms with Gasteiger partial charge in [0.25, 0.3) is 0 Å². The number of hydrogen-bond acceptors (Lipinski definition) is 3. The Bertz CT molecular complexity index is 559. The maximum atomic E-state index is 13.2. The quantitative estimate of drug-likeness (QED) is 0.852. The van der Waals surface area contributed by atoms with Crippen LogP contribution in [-0.4, -0.2) is 37.1 Å². The summed E-state index contributed by atoms with van der Waals surface area (Å²) in [7, 11) is 0. The Morgan fingerprint density at radius 3 is 2.55 bits per heavy atom. The van der Waals surface area contributed by atoms with Crippen LogP contribution in [0.4, 0.5) is 18.9 Å². The normalized spacial score (nSPS) is 18.8. The third-order valence-corrected chi connectivity index (χ3v) is 4.27. The molecule has 3 nitrogen and oxygen atoms in total. The maximum Gasteiger partial charge on any atom is 0.418 e. The van der Waals surface area contributed by atoms with Gasteiger partial charge in [0, 0.05) is 19.1 Å². The lowest BCUT2D eigenvalue weighted by molar-refractivity contribution is -0.137. The van der Waals surface area contributed by atoms with E-state index < -0.39 is 11.7 Å². The van der Waals surface area contributed by atoms with Crippen molar-refractivity contribution >= 4 is 5.69 Å². The first-order valence-corrected chi connectivity index (χ1v) is 7.51. The van der Waals surface area contributed by atoms with Crippen LogP contribution < -0.4 is 4.90 Å². The molecule has 1 aromatic carbocycles. The number of anilines is 1. The van der Waals surface area contributed by atoms with E-state index in [1.807, 2.05) is 6.07 Å². The van der Waals surface area contributed by atoms with Crippen LogP contribution in [0.5, 0.6) is 0 Å². The monoisotopic (exact) mass is 311 g/mol. The summed E-state index contributed by atoms with van der Waals surface area (Å²) in [6.07, 6.45) is -3.56. The lowest BCUT2D eigenvalue weighted by Gasteiger charge is -2.27. The predicted octanol–water partition coefficient (Wildman–Crippen LogP) is 3.50. The first-order valence-electron chi connectivity index (χ1n) is 7.51. The molecule has 2 rings (SSSR count). The molecule has 6 heteroatoms. The van der Waals surface area contributed by atoms with Gasteiger partial charge in [0.2, 0.25) is 0 Å². The number of hydrogen-bond donors (Lipinski definition) is 0. The minimum Gasteiger partial charge on any atom is -0.369 e. The summed E-state index contributed by atoms with van der Waals surface area (Å²) in [6, 6.07) is 5.78. The van der Waals surface area contributed by atoms with E-state index in [9.17, 15) is 13.2 Å². The van der Waals surface area contributed by atoms with Gasteiger partial charge in [-0.25, -0.2) is 0 Å². The van der Waals surface area contributed by atoms with Crippen LogP contribution in [0.25, 0.3) is 0 Å². The molecule has 0 amide bonds. The maximum absolute atomic E-state index is 13.2. The fourth-order valence-corrected chi connectivity index (χ4v) is 3.10. The number of likely N-dealkylation sites (N-methyl/N-ethyl adjacent to an activating group) is 1. The van der Waals surface area contributed by atoms with Crippen molar-refractivity contribution in [1.82, 2.24) is 4.90 Å². The van der Waals surface area contributed by atoms with Crippen LogP contribution in [0.2, 0.25) is 0 Å². The summed E-state index contributed by atoms with van der Waals surface area (Å²) >= 11 is 0. The molecule has 120 valence electrons. The van der Waals surface area contributed by atoms with Gasteiger partial charge in [-0.05, 0) is 37.7 Å². The zero-order valence-electron chi connectivity index (χ0n) is 12.8. The fourth-order valence-electron chi connectivity index (χ4n) is 3.10. The van der Waals surface area contributed by atoms with Crippen LogP contribution in [-0.2, 0) is 6.18 Å².